The van der Waals surface area contributed by atoms with Gasteiger partial charge in [0, 0.05) is 14.6 Å². The predicted octanol–water partition coefficient (Wildman–Crippen LogP) is 4.25. The van der Waals surface area contributed by atoms with Crippen molar-refractivity contribution in [3.8, 4) is 0 Å². The van der Waals surface area contributed by atoms with Gasteiger partial charge in [0.15, 0.2) is 0 Å². The summed E-state index contributed by atoms with van der Waals surface area (Å²) in [6, 6.07) is 9.34. The van der Waals surface area contributed by atoms with Gasteiger partial charge in [0.05, 0.1) is 10.7 Å². The highest BCUT2D eigenvalue weighted by atomic mass is 79.9. The van der Waals surface area contributed by atoms with Crippen LogP contribution >= 0.6 is 43.5 Å². The highest BCUT2D eigenvalue weighted by Gasteiger charge is 2.18. The van der Waals surface area contributed by atoms with E-state index in [1.165, 1.54) is 6.07 Å². The molecule has 0 fully saturated rings. The maximum Gasteiger partial charge on any atom is 0.263 e. The minimum atomic E-state index is -3.74. The lowest BCUT2D eigenvalue weighted by Crippen LogP contribution is -2.14. The number of benzene rings is 2. The zero-order valence-corrected chi connectivity index (χ0v) is 14.6. The number of nitrogen functional groups attached to an aromatic ring is 1. The molecule has 0 heterocycles. The Kier molecular flexibility index (Phi) is 4.63. The molecule has 3 N–H and O–H groups in total. The largest absolute Gasteiger partial charge is 0.399 e. The zero-order valence-electron chi connectivity index (χ0n) is 9.90. The van der Waals surface area contributed by atoms with Gasteiger partial charge in [0.1, 0.15) is 4.90 Å². The molecule has 8 heteroatoms. The van der Waals surface area contributed by atoms with Gasteiger partial charge in [-0.2, -0.15) is 0 Å². The second-order valence-electron chi connectivity index (χ2n) is 3.92. The topological polar surface area (TPSA) is 72.2 Å². The van der Waals surface area contributed by atoms with E-state index in [1.54, 1.807) is 30.3 Å². The molecule has 4 nitrogen and oxygen atoms in total. The summed E-state index contributed by atoms with van der Waals surface area (Å²) < 4.78 is 28.2. The third-order valence-electron chi connectivity index (χ3n) is 2.42. The van der Waals surface area contributed by atoms with Crippen molar-refractivity contribution in [3.63, 3.8) is 0 Å². The maximum atomic E-state index is 12.3. The minimum Gasteiger partial charge on any atom is -0.399 e. The lowest BCUT2D eigenvalue weighted by molar-refractivity contribution is 0.601. The van der Waals surface area contributed by atoms with E-state index >= 15 is 0 Å². The molecule has 0 radical (unpaired) electrons. The highest BCUT2D eigenvalue weighted by molar-refractivity contribution is 9.10. The van der Waals surface area contributed by atoms with Crippen LogP contribution in [0, 0.1) is 0 Å². The fraction of sp³-hybridized carbons (Fsp3) is 0. The number of halogens is 3. The molecule has 0 amide bonds. The van der Waals surface area contributed by atoms with Gasteiger partial charge in [-0.1, -0.05) is 11.6 Å². The molecule has 2 aromatic rings. The van der Waals surface area contributed by atoms with E-state index in [9.17, 15) is 8.42 Å². The summed E-state index contributed by atoms with van der Waals surface area (Å²) in [7, 11) is -3.74. The van der Waals surface area contributed by atoms with Gasteiger partial charge in [-0.3, -0.25) is 4.72 Å². The second kappa shape index (κ2) is 5.93. The van der Waals surface area contributed by atoms with Gasteiger partial charge in [-0.05, 0) is 68.3 Å². The highest BCUT2D eigenvalue weighted by Crippen LogP contribution is 2.29. The molecule has 0 saturated heterocycles. The Hall–Kier alpha value is -0.760. The summed E-state index contributed by atoms with van der Waals surface area (Å²) in [6.07, 6.45) is 0. The summed E-state index contributed by atoms with van der Waals surface area (Å²) in [5.41, 5.74) is 6.39. The van der Waals surface area contributed by atoms with Crippen LogP contribution in [0.4, 0.5) is 11.4 Å². The van der Waals surface area contributed by atoms with Crippen LogP contribution in [0.5, 0.6) is 0 Å². The van der Waals surface area contributed by atoms with Crippen LogP contribution in [0.15, 0.2) is 50.2 Å². The fourth-order valence-corrected chi connectivity index (χ4v) is 4.04. The average Bonchev–Trinajstić information content (AvgIpc) is 2.36. The maximum absolute atomic E-state index is 12.3. The Morgan fingerprint density at radius 2 is 1.75 bits per heavy atom. The van der Waals surface area contributed by atoms with Crippen LogP contribution in [0.1, 0.15) is 0 Å². The first-order valence-electron chi connectivity index (χ1n) is 5.32. The van der Waals surface area contributed by atoms with Gasteiger partial charge in [-0.25, -0.2) is 8.42 Å². The number of nitrogens with one attached hydrogen (secondary N) is 1. The van der Waals surface area contributed by atoms with Gasteiger partial charge < -0.3 is 5.73 Å². The monoisotopic (exact) mass is 438 g/mol. The van der Waals surface area contributed by atoms with Crippen molar-refractivity contribution in [2.75, 3.05) is 10.5 Å². The van der Waals surface area contributed by atoms with Gasteiger partial charge in [0.2, 0.25) is 0 Å². The molecule has 0 spiro atoms. The molecule has 0 bridgehead atoms. The molecule has 0 atom stereocenters. The number of rotatable bonds is 3. The molecule has 106 valence electrons. The molecule has 0 aliphatic rings. The van der Waals surface area contributed by atoms with Crippen molar-refractivity contribution in [2.45, 2.75) is 4.90 Å². The van der Waals surface area contributed by atoms with Crippen molar-refractivity contribution >= 4 is 64.9 Å². The molecular weight excluding hydrogens is 431 g/mol. The number of nitrogens with two attached hydrogens (primary N) is 1. The lowest BCUT2D eigenvalue weighted by Gasteiger charge is -2.11. The molecule has 2 rings (SSSR count). The normalized spacial score (nSPS) is 11.3. The quantitative estimate of drug-likeness (QED) is 0.701. The van der Waals surface area contributed by atoms with Crippen LogP contribution in [0.25, 0.3) is 0 Å². The molecule has 0 aromatic heterocycles. The molecule has 0 saturated carbocycles. The number of hydrogen-bond donors (Lipinski definition) is 2. The molecule has 0 aliphatic carbocycles. The van der Waals surface area contributed by atoms with E-state index in [0.717, 1.165) is 0 Å². The van der Waals surface area contributed by atoms with Crippen molar-refractivity contribution in [2.24, 2.45) is 0 Å². The predicted molar refractivity (Wildman–Crippen MR) is 88.5 cm³/mol. The minimum absolute atomic E-state index is 0.0728. The summed E-state index contributed by atoms with van der Waals surface area (Å²) in [4.78, 5) is 0.0728. The van der Waals surface area contributed by atoms with E-state index < -0.39 is 10.0 Å². The first kappa shape index (κ1) is 15.6. The van der Waals surface area contributed by atoms with Crippen molar-refractivity contribution < 1.29 is 8.42 Å². The lowest BCUT2D eigenvalue weighted by atomic mass is 10.3. The van der Waals surface area contributed by atoms with Gasteiger partial charge >= 0.3 is 0 Å². The number of hydrogen-bond acceptors (Lipinski definition) is 3. The van der Waals surface area contributed by atoms with Crippen LogP contribution < -0.4 is 10.5 Å². The molecule has 0 aliphatic heterocycles. The van der Waals surface area contributed by atoms with E-state index in [1.807, 2.05) is 0 Å². The van der Waals surface area contributed by atoms with Crippen molar-refractivity contribution in [1.29, 1.82) is 0 Å². The van der Waals surface area contributed by atoms with Gasteiger partial charge in [0.25, 0.3) is 10.0 Å². The first-order valence-corrected chi connectivity index (χ1v) is 8.77. The Bertz CT molecular complexity index is 766. The van der Waals surface area contributed by atoms with Gasteiger partial charge in [-0.15, -0.1) is 0 Å². The standard InChI is InChI=1S/C12H9Br2ClN2O2S/c13-9-3-1-7(16)5-12(9)20(18,19)17-8-2-4-11(15)10(14)6-8/h1-6,17H,16H2. The summed E-state index contributed by atoms with van der Waals surface area (Å²) in [5.74, 6) is 0. The Morgan fingerprint density at radius 1 is 1.05 bits per heavy atom. The van der Waals surface area contributed by atoms with E-state index in [0.29, 0.717) is 25.3 Å². The number of anilines is 2. The molecule has 2 aromatic carbocycles. The van der Waals surface area contributed by atoms with E-state index in [2.05, 4.69) is 36.6 Å². The van der Waals surface area contributed by atoms with Crippen LogP contribution in [0.2, 0.25) is 5.02 Å². The SMILES string of the molecule is Nc1ccc(Br)c(S(=O)(=O)Nc2ccc(Cl)c(Br)c2)c1. The first-order chi connectivity index (χ1) is 9.29. The van der Waals surface area contributed by atoms with E-state index in [4.69, 9.17) is 17.3 Å². The second-order valence-corrected chi connectivity index (χ2v) is 7.69. The van der Waals surface area contributed by atoms with Crippen molar-refractivity contribution in [3.05, 3.63) is 50.4 Å². The Labute approximate surface area is 138 Å². The molecular formula is C12H9Br2ClN2O2S. The Morgan fingerprint density at radius 3 is 2.40 bits per heavy atom. The van der Waals surface area contributed by atoms with Crippen LogP contribution in [0.3, 0.4) is 0 Å². The number of sulfonamides is 1. The third kappa shape index (κ3) is 3.46. The fourth-order valence-electron chi connectivity index (χ4n) is 1.50. The van der Waals surface area contributed by atoms with Crippen LogP contribution in [-0.4, -0.2) is 8.42 Å². The Balaban J connectivity index is 2.40. The zero-order chi connectivity index (χ0) is 14.9. The summed E-state index contributed by atoms with van der Waals surface area (Å²) >= 11 is 12.3. The third-order valence-corrected chi connectivity index (χ3v) is 6.01. The average molecular weight is 441 g/mol. The smallest absolute Gasteiger partial charge is 0.263 e. The molecule has 0 unspecified atom stereocenters. The summed E-state index contributed by atoms with van der Waals surface area (Å²) in [6.45, 7) is 0. The van der Waals surface area contributed by atoms with E-state index in [-0.39, 0.29) is 4.90 Å². The van der Waals surface area contributed by atoms with Crippen LogP contribution in [-0.2, 0) is 10.0 Å². The molecule has 20 heavy (non-hydrogen) atoms. The van der Waals surface area contributed by atoms with Crippen molar-refractivity contribution in [1.82, 2.24) is 0 Å². The summed E-state index contributed by atoms with van der Waals surface area (Å²) in [5, 5.41) is 0.498.